The number of carbonyl (C=O) groups is 1. The number of hydrogen-bond donors (Lipinski definition) is 1. The molecular formula is C17H16ClN3O4S. The molecular weight excluding hydrogens is 378 g/mol. The van der Waals surface area contributed by atoms with E-state index >= 15 is 0 Å². The molecule has 0 spiro atoms. The van der Waals surface area contributed by atoms with Gasteiger partial charge >= 0.3 is 0 Å². The van der Waals surface area contributed by atoms with Crippen molar-refractivity contribution in [1.82, 2.24) is 9.78 Å². The monoisotopic (exact) mass is 393 g/mol. The predicted molar refractivity (Wildman–Crippen MR) is 98.4 cm³/mol. The lowest BCUT2D eigenvalue weighted by Gasteiger charge is -2.13. The predicted octanol–water partition coefficient (Wildman–Crippen LogP) is 3.20. The van der Waals surface area contributed by atoms with Gasteiger partial charge in [0.2, 0.25) is 0 Å². The van der Waals surface area contributed by atoms with Crippen LogP contribution in [0.2, 0.25) is 5.02 Å². The molecule has 2 aromatic heterocycles. The summed E-state index contributed by atoms with van der Waals surface area (Å²) >= 11 is 5.95. The molecule has 3 aromatic rings. The summed E-state index contributed by atoms with van der Waals surface area (Å²) in [7, 11) is -3.06. The number of nitrogens with one attached hydrogen (secondary N) is 1. The second-order valence-electron chi connectivity index (χ2n) is 6.42. The lowest BCUT2D eigenvalue weighted by atomic mass is 10.2. The lowest BCUT2D eigenvalue weighted by Crippen LogP contribution is -2.19. The van der Waals surface area contributed by atoms with Crippen LogP contribution in [-0.4, -0.2) is 35.6 Å². The van der Waals surface area contributed by atoms with Crippen LogP contribution in [-0.2, 0) is 9.84 Å². The Morgan fingerprint density at radius 2 is 2.15 bits per heavy atom. The molecule has 0 radical (unpaired) electrons. The number of aryl methyl sites for hydroxylation is 1. The number of benzene rings is 1. The molecule has 1 unspecified atom stereocenters. The lowest BCUT2D eigenvalue weighted by molar-refractivity contribution is 0.0997. The van der Waals surface area contributed by atoms with Gasteiger partial charge in [-0.2, -0.15) is 5.10 Å². The van der Waals surface area contributed by atoms with Gasteiger partial charge in [-0.15, -0.1) is 0 Å². The number of hydrogen-bond acceptors (Lipinski definition) is 5. The molecule has 1 saturated heterocycles. The molecule has 1 amide bonds. The van der Waals surface area contributed by atoms with E-state index in [2.05, 4.69) is 10.4 Å². The fourth-order valence-electron chi connectivity index (χ4n) is 3.16. The molecule has 1 N–H and O–H groups in total. The number of rotatable bonds is 3. The van der Waals surface area contributed by atoms with Gasteiger partial charge in [-0.1, -0.05) is 11.6 Å². The Bertz CT molecular complexity index is 1120. The zero-order valence-electron chi connectivity index (χ0n) is 13.9. The second kappa shape index (κ2) is 6.14. The number of aromatic nitrogens is 2. The fourth-order valence-corrected chi connectivity index (χ4v) is 5.03. The molecule has 1 aliphatic rings. The summed E-state index contributed by atoms with van der Waals surface area (Å²) in [6, 6.07) is 8.15. The van der Waals surface area contributed by atoms with Crippen molar-refractivity contribution >= 4 is 44.1 Å². The molecule has 1 atom stereocenters. The first-order valence-corrected chi connectivity index (χ1v) is 10.3. The highest BCUT2D eigenvalue weighted by atomic mass is 35.5. The van der Waals surface area contributed by atoms with E-state index < -0.39 is 15.7 Å². The first kappa shape index (κ1) is 17.1. The van der Waals surface area contributed by atoms with Crippen molar-refractivity contribution in [3.63, 3.8) is 0 Å². The van der Waals surface area contributed by atoms with Crippen LogP contribution < -0.4 is 5.32 Å². The van der Waals surface area contributed by atoms with Gasteiger partial charge in [-0.3, -0.25) is 4.79 Å². The average molecular weight is 394 g/mol. The van der Waals surface area contributed by atoms with Gasteiger partial charge < -0.3 is 9.73 Å². The quantitative estimate of drug-likeness (QED) is 0.737. The highest BCUT2D eigenvalue weighted by Crippen LogP contribution is 2.28. The molecule has 136 valence electrons. The summed E-state index contributed by atoms with van der Waals surface area (Å²) in [6.45, 7) is 1.79. The van der Waals surface area contributed by atoms with E-state index in [-0.39, 0.29) is 23.3 Å². The topological polar surface area (TPSA) is 94.2 Å². The standard InChI is InChI=1S/C17H16ClN3O4S/c1-10-6-16(21(20-10)13-4-5-26(23,24)9-13)19-17(22)15-8-11-7-12(18)2-3-14(11)25-15/h2-3,6-8,13H,4-5,9H2,1H3,(H,19,22). The molecule has 1 fully saturated rings. The fraction of sp³-hybridized carbons (Fsp3) is 0.294. The van der Waals surface area contributed by atoms with Crippen LogP contribution in [0.5, 0.6) is 0 Å². The Morgan fingerprint density at radius 1 is 1.35 bits per heavy atom. The Labute approximate surface area is 154 Å². The minimum Gasteiger partial charge on any atom is -0.451 e. The summed E-state index contributed by atoms with van der Waals surface area (Å²) in [5.41, 5.74) is 1.26. The minimum atomic E-state index is -3.06. The summed E-state index contributed by atoms with van der Waals surface area (Å²) in [6.07, 6.45) is 0.482. The Hall–Kier alpha value is -2.32. The van der Waals surface area contributed by atoms with E-state index in [0.717, 1.165) is 5.39 Å². The largest absolute Gasteiger partial charge is 0.451 e. The van der Waals surface area contributed by atoms with E-state index in [9.17, 15) is 13.2 Å². The van der Waals surface area contributed by atoms with Crippen LogP contribution in [0.15, 0.2) is 34.7 Å². The van der Waals surface area contributed by atoms with E-state index in [0.29, 0.717) is 28.5 Å². The maximum Gasteiger partial charge on any atom is 0.292 e. The van der Waals surface area contributed by atoms with Crippen LogP contribution in [0.1, 0.15) is 28.7 Å². The molecule has 1 aromatic carbocycles. The number of carbonyl (C=O) groups excluding carboxylic acids is 1. The van der Waals surface area contributed by atoms with E-state index in [4.69, 9.17) is 16.0 Å². The highest BCUT2D eigenvalue weighted by molar-refractivity contribution is 7.91. The van der Waals surface area contributed by atoms with Gasteiger partial charge in [0.15, 0.2) is 15.6 Å². The second-order valence-corrected chi connectivity index (χ2v) is 9.08. The summed E-state index contributed by atoms with van der Waals surface area (Å²) in [4.78, 5) is 12.6. The summed E-state index contributed by atoms with van der Waals surface area (Å²) in [5.74, 6) is 0.327. The van der Waals surface area contributed by atoms with Crippen molar-refractivity contribution in [2.75, 3.05) is 16.8 Å². The van der Waals surface area contributed by atoms with Crippen molar-refractivity contribution in [3.8, 4) is 0 Å². The van der Waals surface area contributed by atoms with Crippen LogP contribution in [0.3, 0.4) is 0 Å². The molecule has 26 heavy (non-hydrogen) atoms. The molecule has 9 heteroatoms. The van der Waals surface area contributed by atoms with Gasteiger partial charge in [0, 0.05) is 16.5 Å². The Balaban J connectivity index is 1.61. The third-order valence-electron chi connectivity index (χ3n) is 4.36. The van der Waals surface area contributed by atoms with Gasteiger partial charge in [0.1, 0.15) is 11.4 Å². The number of halogens is 1. The Morgan fingerprint density at radius 3 is 2.88 bits per heavy atom. The number of sulfone groups is 1. The third-order valence-corrected chi connectivity index (χ3v) is 6.34. The molecule has 0 saturated carbocycles. The number of furan rings is 1. The van der Waals surface area contributed by atoms with Crippen LogP contribution in [0.4, 0.5) is 5.82 Å². The number of anilines is 1. The van der Waals surface area contributed by atoms with Crippen molar-refractivity contribution in [2.24, 2.45) is 0 Å². The van der Waals surface area contributed by atoms with Gasteiger partial charge in [0.05, 0.1) is 23.2 Å². The number of fused-ring (bicyclic) bond motifs is 1. The minimum absolute atomic E-state index is 0.0279. The van der Waals surface area contributed by atoms with Crippen molar-refractivity contribution in [1.29, 1.82) is 0 Å². The van der Waals surface area contributed by atoms with Crippen LogP contribution in [0, 0.1) is 6.92 Å². The van der Waals surface area contributed by atoms with E-state index in [1.54, 1.807) is 41.9 Å². The molecule has 0 aliphatic carbocycles. The zero-order chi connectivity index (χ0) is 18.5. The van der Waals surface area contributed by atoms with Gasteiger partial charge in [-0.05, 0) is 37.6 Å². The number of amides is 1. The highest BCUT2D eigenvalue weighted by Gasteiger charge is 2.31. The molecule has 0 bridgehead atoms. The van der Waals surface area contributed by atoms with Crippen LogP contribution >= 0.6 is 11.6 Å². The maximum atomic E-state index is 12.6. The van der Waals surface area contributed by atoms with E-state index in [1.807, 2.05) is 0 Å². The van der Waals surface area contributed by atoms with Crippen molar-refractivity contribution in [3.05, 3.63) is 46.8 Å². The van der Waals surface area contributed by atoms with Crippen molar-refractivity contribution < 1.29 is 17.6 Å². The average Bonchev–Trinajstić information content (AvgIpc) is 3.23. The molecule has 7 nitrogen and oxygen atoms in total. The Kier molecular flexibility index (Phi) is 4.04. The van der Waals surface area contributed by atoms with Crippen molar-refractivity contribution in [2.45, 2.75) is 19.4 Å². The molecule has 1 aliphatic heterocycles. The normalized spacial score (nSPS) is 19.1. The van der Waals surface area contributed by atoms with Gasteiger partial charge in [-0.25, -0.2) is 13.1 Å². The first-order chi connectivity index (χ1) is 12.3. The van der Waals surface area contributed by atoms with Crippen LogP contribution in [0.25, 0.3) is 11.0 Å². The maximum absolute atomic E-state index is 12.6. The zero-order valence-corrected chi connectivity index (χ0v) is 15.5. The number of nitrogens with zero attached hydrogens (tertiary/aromatic N) is 2. The first-order valence-electron chi connectivity index (χ1n) is 8.08. The van der Waals surface area contributed by atoms with Gasteiger partial charge in [0.25, 0.3) is 5.91 Å². The molecule has 3 heterocycles. The molecule has 4 rings (SSSR count). The van der Waals surface area contributed by atoms with E-state index in [1.165, 1.54) is 0 Å². The SMILES string of the molecule is Cc1cc(NC(=O)c2cc3cc(Cl)ccc3o2)n(C2CCS(=O)(=O)C2)n1. The summed E-state index contributed by atoms with van der Waals surface area (Å²) in [5, 5.41) is 8.40. The third kappa shape index (κ3) is 3.22. The summed E-state index contributed by atoms with van der Waals surface area (Å²) < 4.78 is 30.6. The smallest absolute Gasteiger partial charge is 0.292 e.